The van der Waals surface area contributed by atoms with Crippen molar-refractivity contribution in [1.29, 1.82) is 0 Å². The maximum atomic E-state index is 11.8. The Labute approximate surface area is 127 Å². The summed E-state index contributed by atoms with van der Waals surface area (Å²) in [6.07, 6.45) is 1.10. The molecule has 2 amide bonds. The highest BCUT2D eigenvalue weighted by molar-refractivity contribution is 7.09. The van der Waals surface area contributed by atoms with Gasteiger partial charge in [-0.3, -0.25) is 0 Å². The molecule has 2 rings (SSSR count). The average molecular weight is 312 g/mol. The van der Waals surface area contributed by atoms with Crippen molar-refractivity contribution in [1.82, 2.24) is 20.5 Å². The SMILES string of the molecule is CC(NC(=O)NCC1CCN(C)C1)c1nc(C(=O)O)cs1. The Morgan fingerprint density at radius 2 is 2.38 bits per heavy atom. The molecule has 21 heavy (non-hydrogen) atoms. The molecule has 1 aromatic heterocycles. The molecule has 1 aromatic rings. The number of hydrogen-bond acceptors (Lipinski definition) is 5. The van der Waals surface area contributed by atoms with Crippen LogP contribution < -0.4 is 10.6 Å². The lowest BCUT2D eigenvalue weighted by atomic mass is 10.1. The van der Waals surface area contributed by atoms with Crippen molar-refractivity contribution in [2.75, 3.05) is 26.7 Å². The van der Waals surface area contributed by atoms with E-state index in [1.54, 1.807) is 6.92 Å². The largest absolute Gasteiger partial charge is 0.476 e. The number of amides is 2. The minimum absolute atomic E-state index is 0.0121. The van der Waals surface area contributed by atoms with Gasteiger partial charge in [-0.15, -0.1) is 11.3 Å². The number of aromatic carboxylic acids is 1. The Kier molecular flexibility index (Phi) is 5.13. The highest BCUT2D eigenvalue weighted by atomic mass is 32.1. The molecule has 0 aliphatic carbocycles. The molecule has 7 nitrogen and oxygen atoms in total. The zero-order valence-corrected chi connectivity index (χ0v) is 12.9. The van der Waals surface area contributed by atoms with Crippen LogP contribution in [-0.4, -0.2) is 53.7 Å². The predicted molar refractivity (Wildman–Crippen MR) is 79.6 cm³/mol. The minimum Gasteiger partial charge on any atom is -0.476 e. The van der Waals surface area contributed by atoms with Crippen LogP contribution in [0.5, 0.6) is 0 Å². The third kappa shape index (κ3) is 4.40. The highest BCUT2D eigenvalue weighted by Crippen LogP contribution is 2.18. The average Bonchev–Trinajstić information content (AvgIpc) is 3.05. The number of carbonyl (C=O) groups excluding carboxylic acids is 1. The van der Waals surface area contributed by atoms with E-state index in [0.717, 1.165) is 19.5 Å². The van der Waals surface area contributed by atoms with E-state index in [1.165, 1.54) is 16.7 Å². The van der Waals surface area contributed by atoms with Gasteiger partial charge < -0.3 is 20.6 Å². The predicted octanol–water partition coefficient (Wildman–Crippen LogP) is 1.15. The van der Waals surface area contributed by atoms with Crippen molar-refractivity contribution >= 4 is 23.3 Å². The first-order chi connectivity index (χ1) is 9.95. The zero-order chi connectivity index (χ0) is 15.4. The number of hydrogen-bond donors (Lipinski definition) is 3. The number of carboxylic acids is 1. The molecule has 0 aromatic carbocycles. The first-order valence-electron chi connectivity index (χ1n) is 6.87. The van der Waals surface area contributed by atoms with Crippen molar-refractivity contribution in [3.63, 3.8) is 0 Å². The van der Waals surface area contributed by atoms with Crippen LogP contribution >= 0.6 is 11.3 Å². The molecule has 0 bridgehead atoms. The molecule has 1 aliphatic heterocycles. The summed E-state index contributed by atoms with van der Waals surface area (Å²) >= 11 is 1.23. The van der Waals surface area contributed by atoms with Gasteiger partial charge in [0.05, 0.1) is 6.04 Å². The van der Waals surface area contributed by atoms with E-state index in [-0.39, 0.29) is 17.8 Å². The third-order valence-electron chi connectivity index (χ3n) is 3.50. The first kappa shape index (κ1) is 15.7. The number of nitrogens with one attached hydrogen (secondary N) is 2. The van der Waals surface area contributed by atoms with Gasteiger partial charge in [0.15, 0.2) is 5.69 Å². The molecule has 116 valence electrons. The van der Waals surface area contributed by atoms with Gasteiger partial charge in [0.25, 0.3) is 0 Å². The van der Waals surface area contributed by atoms with Gasteiger partial charge in [-0.1, -0.05) is 0 Å². The summed E-state index contributed by atoms with van der Waals surface area (Å²) in [5.74, 6) is -0.561. The summed E-state index contributed by atoms with van der Waals surface area (Å²) in [5.41, 5.74) is 0.0121. The monoisotopic (exact) mass is 312 g/mol. The quantitative estimate of drug-likeness (QED) is 0.758. The minimum atomic E-state index is -1.06. The van der Waals surface area contributed by atoms with Gasteiger partial charge in [0.2, 0.25) is 0 Å². The molecule has 8 heteroatoms. The Morgan fingerprint density at radius 1 is 1.62 bits per heavy atom. The molecule has 2 unspecified atom stereocenters. The molecular formula is C13H20N4O3S. The van der Waals surface area contributed by atoms with Gasteiger partial charge in [-0.25, -0.2) is 14.6 Å². The van der Waals surface area contributed by atoms with Gasteiger partial charge in [-0.2, -0.15) is 0 Å². The third-order valence-corrected chi connectivity index (χ3v) is 4.53. The standard InChI is InChI=1S/C13H20N4O3S/c1-8(11-16-10(7-21-11)12(18)19)15-13(20)14-5-9-3-4-17(2)6-9/h7-9H,3-6H2,1-2H3,(H,18,19)(H2,14,15,20). The summed E-state index contributed by atoms with van der Waals surface area (Å²) in [4.78, 5) is 28.8. The maximum Gasteiger partial charge on any atom is 0.355 e. The highest BCUT2D eigenvalue weighted by Gasteiger charge is 2.20. The Bertz CT molecular complexity index is 519. The number of nitrogens with zero attached hydrogens (tertiary/aromatic N) is 2. The lowest BCUT2D eigenvalue weighted by molar-refractivity contribution is 0.0691. The second-order valence-corrected chi connectivity index (χ2v) is 6.26. The number of rotatable bonds is 5. The summed E-state index contributed by atoms with van der Waals surface area (Å²) in [7, 11) is 2.07. The molecule has 2 atom stereocenters. The van der Waals surface area contributed by atoms with Crippen molar-refractivity contribution in [3.8, 4) is 0 Å². The molecule has 0 spiro atoms. The van der Waals surface area contributed by atoms with E-state index in [2.05, 4.69) is 27.6 Å². The van der Waals surface area contributed by atoms with Crippen LogP contribution in [0.15, 0.2) is 5.38 Å². The van der Waals surface area contributed by atoms with E-state index >= 15 is 0 Å². The molecule has 0 radical (unpaired) electrons. The van der Waals surface area contributed by atoms with Gasteiger partial charge in [0, 0.05) is 18.5 Å². The normalized spacial score (nSPS) is 20.2. The first-order valence-corrected chi connectivity index (χ1v) is 7.75. The van der Waals surface area contributed by atoms with Crippen molar-refractivity contribution in [2.24, 2.45) is 5.92 Å². The lowest BCUT2D eigenvalue weighted by Crippen LogP contribution is -2.39. The van der Waals surface area contributed by atoms with Crippen LogP contribution in [0.2, 0.25) is 0 Å². The molecule has 1 fully saturated rings. The van der Waals surface area contributed by atoms with Crippen LogP contribution in [0, 0.1) is 5.92 Å². The second kappa shape index (κ2) is 6.86. The van der Waals surface area contributed by atoms with Crippen LogP contribution in [0.3, 0.4) is 0 Å². The van der Waals surface area contributed by atoms with E-state index in [0.29, 0.717) is 17.5 Å². The number of aromatic nitrogens is 1. The topological polar surface area (TPSA) is 94.6 Å². The van der Waals surface area contributed by atoms with Crippen LogP contribution in [0.4, 0.5) is 4.79 Å². The fourth-order valence-electron chi connectivity index (χ4n) is 2.32. The van der Waals surface area contributed by atoms with Crippen molar-refractivity contribution < 1.29 is 14.7 Å². The lowest BCUT2D eigenvalue weighted by Gasteiger charge is -2.15. The summed E-state index contributed by atoms with van der Waals surface area (Å²) < 4.78 is 0. The summed E-state index contributed by atoms with van der Waals surface area (Å²) in [5, 5.41) is 16.5. The molecule has 0 saturated carbocycles. The molecule has 2 heterocycles. The van der Waals surface area contributed by atoms with Crippen LogP contribution in [0.1, 0.15) is 34.9 Å². The summed E-state index contributed by atoms with van der Waals surface area (Å²) in [6, 6.07) is -0.557. The van der Waals surface area contributed by atoms with Crippen LogP contribution in [-0.2, 0) is 0 Å². The number of thiazole rings is 1. The van der Waals surface area contributed by atoms with E-state index in [1.807, 2.05) is 0 Å². The fourth-order valence-corrected chi connectivity index (χ4v) is 3.12. The van der Waals surface area contributed by atoms with E-state index in [4.69, 9.17) is 5.11 Å². The maximum absolute atomic E-state index is 11.8. The Hall–Kier alpha value is -1.67. The molecular weight excluding hydrogens is 292 g/mol. The fraction of sp³-hybridized carbons (Fsp3) is 0.615. The van der Waals surface area contributed by atoms with Crippen molar-refractivity contribution in [2.45, 2.75) is 19.4 Å². The molecule has 3 N–H and O–H groups in total. The van der Waals surface area contributed by atoms with Crippen LogP contribution in [0.25, 0.3) is 0 Å². The number of carboxylic acid groups (broad SMARTS) is 1. The smallest absolute Gasteiger partial charge is 0.355 e. The van der Waals surface area contributed by atoms with E-state index < -0.39 is 5.97 Å². The van der Waals surface area contributed by atoms with Gasteiger partial charge in [0.1, 0.15) is 5.01 Å². The Morgan fingerprint density at radius 3 is 2.95 bits per heavy atom. The van der Waals surface area contributed by atoms with Gasteiger partial charge in [-0.05, 0) is 32.9 Å². The van der Waals surface area contributed by atoms with E-state index in [9.17, 15) is 9.59 Å². The number of likely N-dealkylation sites (tertiary alicyclic amines) is 1. The Balaban J connectivity index is 1.77. The van der Waals surface area contributed by atoms with Gasteiger partial charge >= 0.3 is 12.0 Å². The summed E-state index contributed by atoms with van der Waals surface area (Å²) in [6.45, 7) is 4.51. The second-order valence-electron chi connectivity index (χ2n) is 5.37. The number of urea groups is 1. The number of carbonyl (C=O) groups is 2. The van der Waals surface area contributed by atoms with Crippen molar-refractivity contribution in [3.05, 3.63) is 16.1 Å². The molecule has 1 saturated heterocycles. The zero-order valence-electron chi connectivity index (χ0n) is 12.1. The molecule has 1 aliphatic rings.